The Kier molecular flexibility index (Phi) is 3.79. The van der Waals surface area contributed by atoms with Gasteiger partial charge in [-0.15, -0.1) is 0 Å². The summed E-state index contributed by atoms with van der Waals surface area (Å²) in [5.41, 5.74) is 9.47. The molecule has 0 aromatic heterocycles. The lowest BCUT2D eigenvalue weighted by Crippen LogP contribution is -2.30. The van der Waals surface area contributed by atoms with Crippen molar-refractivity contribution in [1.29, 1.82) is 0 Å². The number of halogens is 2. The molecule has 21 heavy (non-hydrogen) atoms. The highest BCUT2D eigenvalue weighted by Crippen LogP contribution is 2.34. The second-order valence-corrected chi connectivity index (χ2v) is 5.89. The molecule has 1 aliphatic heterocycles. The largest absolute Gasteiger partial charge is 0.397 e. The molecule has 2 aromatic rings. The van der Waals surface area contributed by atoms with Crippen molar-refractivity contribution in [3.8, 4) is 0 Å². The molecule has 5 heteroatoms. The van der Waals surface area contributed by atoms with Gasteiger partial charge in [0.1, 0.15) is 0 Å². The predicted molar refractivity (Wildman–Crippen MR) is 87.1 cm³/mol. The molecular weight excluding hydrogens is 307 g/mol. The molecule has 0 saturated carbocycles. The molecule has 1 amide bonds. The van der Waals surface area contributed by atoms with Gasteiger partial charge in [-0.2, -0.15) is 0 Å². The van der Waals surface area contributed by atoms with E-state index in [1.807, 2.05) is 24.3 Å². The SMILES string of the molecule is Nc1cccc2c1N(C(=O)Cc1ccc(Cl)c(Cl)c1)CC2. The fourth-order valence-electron chi connectivity index (χ4n) is 2.66. The zero-order valence-electron chi connectivity index (χ0n) is 11.3. The van der Waals surface area contributed by atoms with Crippen LogP contribution in [0.3, 0.4) is 0 Å². The molecule has 0 unspecified atom stereocenters. The van der Waals surface area contributed by atoms with Crippen LogP contribution in [-0.2, 0) is 17.6 Å². The van der Waals surface area contributed by atoms with Crippen LogP contribution in [0.5, 0.6) is 0 Å². The van der Waals surface area contributed by atoms with E-state index in [0.29, 0.717) is 22.3 Å². The van der Waals surface area contributed by atoms with Gasteiger partial charge in [-0.25, -0.2) is 0 Å². The third kappa shape index (κ3) is 2.71. The van der Waals surface area contributed by atoms with Crippen LogP contribution in [0.4, 0.5) is 11.4 Å². The minimum absolute atomic E-state index is 0.0186. The van der Waals surface area contributed by atoms with Gasteiger partial charge in [-0.05, 0) is 35.7 Å². The Labute approximate surface area is 133 Å². The maximum Gasteiger partial charge on any atom is 0.231 e. The van der Waals surface area contributed by atoms with E-state index >= 15 is 0 Å². The van der Waals surface area contributed by atoms with Crippen LogP contribution < -0.4 is 10.6 Å². The first-order valence-corrected chi connectivity index (χ1v) is 7.43. The van der Waals surface area contributed by atoms with Gasteiger partial charge >= 0.3 is 0 Å². The highest BCUT2D eigenvalue weighted by molar-refractivity contribution is 6.42. The molecular formula is C16H14Cl2N2O. The highest BCUT2D eigenvalue weighted by Gasteiger charge is 2.26. The summed E-state index contributed by atoms with van der Waals surface area (Å²) in [7, 11) is 0. The van der Waals surface area contributed by atoms with E-state index in [1.165, 1.54) is 0 Å². The standard InChI is InChI=1S/C16H14Cl2N2O/c17-12-5-4-10(8-13(12)18)9-15(21)20-7-6-11-2-1-3-14(19)16(11)20/h1-5,8H,6-7,9,19H2. The summed E-state index contributed by atoms with van der Waals surface area (Å²) in [6.45, 7) is 0.670. The number of hydrogen-bond donors (Lipinski definition) is 1. The molecule has 0 spiro atoms. The van der Waals surface area contributed by atoms with Crippen LogP contribution in [0, 0.1) is 0 Å². The number of nitrogen functional groups attached to an aromatic ring is 1. The summed E-state index contributed by atoms with van der Waals surface area (Å²) >= 11 is 11.9. The number of amides is 1. The summed E-state index contributed by atoms with van der Waals surface area (Å²) in [5, 5.41) is 0.951. The average molecular weight is 321 g/mol. The topological polar surface area (TPSA) is 46.3 Å². The number of hydrogen-bond acceptors (Lipinski definition) is 2. The van der Waals surface area contributed by atoms with Gasteiger partial charge in [0.2, 0.25) is 5.91 Å². The zero-order chi connectivity index (χ0) is 15.0. The molecule has 1 aliphatic rings. The van der Waals surface area contributed by atoms with Gasteiger partial charge in [0.25, 0.3) is 0 Å². The second kappa shape index (κ2) is 5.58. The quantitative estimate of drug-likeness (QED) is 0.857. The zero-order valence-corrected chi connectivity index (χ0v) is 12.8. The van der Waals surface area contributed by atoms with Crippen molar-refractivity contribution in [2.45, 2.75) is 12.8 Å². The molecule has 0 radical (unpaired) electrons. The van der Waals surface area contributed by atoms with Gasteiger partial charge in [0, 0.05) is 6.54 Å². The lowest BCUT2D eigenvalue weighted by molar-refractivity contribution is -0.117. The minimum Gasteiger partial charge on any atom is -0.397 e. The Morgan fingerprint density at radius 3 is 2.76 bits per heavy atom. The van der Waals surface area contributed by atoms with Crippen molar-refractivity contribution in [3.05, 3.63) is 57.6 Å². The average Bonchev–Trinajstić information content (AvgIpc) is 2.88. The van der Waals surface area contributed by atoms with Crippen molar-refractivity contribution >= 4 is 40.5 Å². The molecule has 0 fully saturated rings. The molecule has 1 heterocycles. The van der Waals surface area contributed by atoms with E-state index in [9.17, 15) is 4.79 Å². The maximum atomic E-state index is 12.5. The number of rotatable bonds is 2. The fraction of sp³-hybridized carbons (Fsp3) is 0.188. The summed E-state index contributed by atoms with van der Waals surface area (Å²) in [6.07, 6.45) is 1.12. The number of nitrogens with two attached hydrogens (primary N) is 1. The van der Waals surface area contributed by atoms with Crippen LogP contribution in [0.15, 0.2) is 36.4 Å². The lowest BCUT2D eigenvalue weighted by Gasteiger charge is -2.19. The van der Waals surface area contributed by atoms with E-state index in [1.54, 1.807) is 17.0 Å². The Morgan fingerprint density at radius 2 is 2.00 bits per heavy atom. The van der Waals surface area contributed by atoms with Crippen molar-refractivity contribution in [2.24, 2.45) is 0 Å². The van der Waals surface area contributed by atoms with Crippen LogP contribution in [0.25, 0.3) is 0 Å². The third-order valence-electron chi connectivity index (χ3n) is 3.67. The second-order valence-electron chi connectivity index (χ2n) is 5.08. The predicted octanol–water partition coefficient (Wildman–Crippen LogP) is 3.71. The van der Waals surface area contributed by atoms with Crippen molar-refractivity contribution in [3.63, 3.8) is 0 Å². The van der Waals surface area contributed by atoms with Gasteiger partial charge < -0.3 is 10.6 Å². The van der Waals surface area contributed by atoms with Gasteiger partial charge in [0.05, 0.1) is 27.8 Å². The van der Waals surface area contributed by atoms with Gasteiger partial charge in [-0.3, -0.25) is 4.79 Å². The number of para-hydroxylation sites is 1. The third-order valence-corrected chi connectivity index (χ3v) is 4.40. The molecule has 0 atom stereocenters. The number of benzene rings is 2. The number of fused-ring (bicyclic) bond motifs is 1. The molecule has 3 rings (SSSR count). The van der Waals surface area contributed by atoms with Crippen molar-refractivity contribution < 1.29 is 4.79 Å². The number of carbonyl (C=O) groups is 1. The highest BCUT2D eigenvalue weighted by atomic mass is 35.5. The van der Waals surface area contributed by atoms with E-state index in [2.05, 4.69) is 0 Å². The van der Waals surface area contributed by atoms with Crippen LogP contribution in [-0.4, -0.2) is 12.5 Å². The van der Waals surface area contributed by atoms with Crippen molar-refractivity contribution in [2.75, 3.05) is 17.2 Å². The smallest absolute Gasteiger partial charge is 0.231 e. The first-order valence-electron chi connectivity index (χ1n) is 6.68. The van der Waals surface area contributed by atoms with E-state index in [-0.39, 0.29) is 12.3 Å². The summed E-state index contributed by atoms with van der Waals surface area (Å²) in [4.78, 5) is 14.3. The Balaban J connectivity index is 1.83. The Bertz CT molecular complexity index is 715. The van der Waals surface area contributed by atoms with Crippen LogP contribution in [0.2, 0.25) is 10.0 Å². The van der Waals surface area contributed by atoms with Crippen molar-refractivity contribution in [1.82, 2.24) is 0 Å². The van der Waals surface area contributed by atoms with E-state index in [4.69, 9.17) is 28.9 Å². The normalized spacial score (nSPS) is 13.3. The maximum absolute atomic E-state index is 12.5. The van der Waals surface area contributed by atoms with Gasteiger partial charge in [-0.1, -0.05) is 41.4 Å². The van der Waals surface area contributed by atoms with Crippen LogP contribution >= 0.6 is 23.2 Å². The summed E-state index contributed by atoms with van der Waals surface area (Å²) in [5.74, 6) is 0.0186. The first kappa shape index (κ1) is 14.2. The monoisotopic (exact) mass is 320 g/mol. The molecule has 2 aromatic carbocycles. The summed E-state index contributed by atoms with van der Waals surface area (Å²) < 4.78 is 0. The fourth-order valence-corrected chi connectivity index (χ4v) is 2.98. The molecule has 2 N–H and O–H groups in total. The molecule has 0 bridgehead atoms. The minimum atomic E-state index is 0.0186. The Hall–Kier alpha value is -1.71. The molecule has 108 valence electrons. The molecule has 0 aliphatic carbocycles. The number of anilines is 2. The van der Waals surface area contributed by atoms with Gasteiger partial charge in [0.15, 0.2) is 0 Å². The molecule has 0 saturated heterocycles. The first-order chi connectivity index (χ1) is 10.1. The summed E-state index contributed by atoms with van der Waals surface area (Å²) in [6, 6.07) is 11.0. The Morgan fingerprint density at radius 1 is 1.19 bits per heavy atom. The van der Waals surface area contributed by atoms with E-state index < -0.39 is 0 Å². The number of nitrogens with zero attached hydrogens (tertiary/aromatic N) is 1. The van der Waals surface area contributed by atoms with E-state index in [0.717, 1.165) is 23.2 Å². The lowest BCUT2D eigenvalue weighted by atomic mass is 10.1. The number of carbonyl (C=O) groups excluding carboxylic acids is 1. The van der Waals surface area contributed by atoms with Crippen LogP contribution in [0.1, 0.15) is 11.1 Å². The molecule has 3 nitrogen and oxygen atoms in total.